The summed E-state index contributed by atoms with van der Waals surface area (Å²) < 4.78 is 0.836. The number of aromatic nitrogens is 1. The van der Waals surface area contributed by atoms with Crippen LogP contribution in [0, 0.1) is 0 Å². The molecule has 0 saturated carbocycles. The van der Waals surface area contributed by atoms with Gasteiger partial charge < -0.3 is 10.2 Å². The molecule has 1 N–H and O–H groups in total. The van der Waals surface area contributed by atoms with Crippen LogP contribution in [0.15, 0.2) is 53.1 Å². The molecule has 2 rings (SSSR count). The van der Waals surface area contributed by atoms with E-state index in [-0.39, 0.29) is 18.4 Å². The van der Waals surface area contributed by atoms with E-state index < -0.39 is 6.04 Å². The molecule has 0 bridgehead atoms. The molecule has 1 unspecified atom stereocenters. The lowest BCUT2D eigenvalue weighted by Gasteiger charge is -2.29. The number of halogens is 1. The van der Waals surface area contributed by atoms with Gasteiger partial charge in [0.25, 0.3) is 0 Å². The molecule has 0 radical (unpaired) electrons. The fourth-order valence-corrected chi connectivity index (χ4v) is 2.65. The first kappa shape index (κ1) is 19.1. The van der Waals surface area contributed by atoms with E-state index in [0.717, 1.165) is 10.0 Å². The number of amides is 2. The van der Waals surface area contributed by atoms with Gasteiger partial charge >= 0.3 is 0 Å². The highest BCUT2D eigenvalue weighted by Crippen LogP contribution is 2.21. The van der Waals surface area contributed by atoms with Crippen molar-refractivity contribution in [1.82, 2.24) is 14.8 Å². The lowest BCUT2D eigenvalue weighted by Crippen LogP contribution is -2.41. The molecule has 0 fully saturated rings. The molecule has 0 spiro atoms. The molecule has 1 aromatic heterocycles. The molecule has 25 heavy (non-hydrogen) atoms. The van der Waals surface area contributed by atoms with Crippen LogP contribution < -0.4 is 5.32 Å². The standard InChI is InChI=1S/C18H21BrN4O2/c1-22(2)18(25)17(13-7-5-4-6-8-13)23(3)12-16(24)21-15-10-9-14(19)11-20-15/h4-11,17H,12H2,1-3H3,(H,20,21,24). The van der Waals surface area contributed by atoms with Gasteiger partial charge in [-0.05, 0) is 40.7 Å². The van der Waals surface area contributed by atoms with Crippen molar-refractivity contribution in [1.29, 1.82) is 0 Å². The number of hydrogen-bond acceptors (Lipinski definition) is 4. The molecule has 0 aliphatic rings. The average molecular weight is 405 g/mol. The summed E-state index contributed by atoms with van der Waals surface area (Å²) in [4.78, 5) is 32.3. The minimum Gasteiger partial charge on any atom is -0.347 e. The van der Waals surface area contributed by atoms with Gasteiger partial charge in [0.2, 0.25) is 11.8 Å². The summed E-state index contributed by atoms with van der Waals surface area (Å²) in [5.74, 6) is 0.157. The van der Waals surface area contributed by atoms with Gasteiger partial charge in [0.15, 0.2) is 0 Å². The van der Waals surface area contributed by atoms with E-state index >= 15 is 0 Å². The predicted molar refractivity (Wildman–Crippen MR) is 101 cm³/mol. The maximum atomic E-state index is 12.6. The number of likely N-dealkylation sites (N-methyl/N-ethyl adjacent to an activating group) is 2. The molecule has 7 heteroatoms. The highest BCUT2D eigenvalue weighted by atomic mass is 79.9. The van der Waals surface area contributed by atoms with Crippen molar-refractivity contribution >= 4 is 33.6 Å². The zero-order valence-electron chi connectivity index (χ0n) is 14.4. The Bertz CT molecular complexity index is 720. The first-order valence-corrected chi connectivity index (χ1v) is 8.55. The van der Waals surface area contributed by atoms with E-state index in [9.17, 15) is 9.59 Å². The van der Waals surface area contributed by atoms with Crippen molar-refractivity contribution < 1.29 is 9.59 Å². The number of nitrogens with one attached hydrogen (secondary N) is 1. The Hall–Kier alpha value is -2.25. The van der Waals surface area contributed by atoms with Gasteiger partial charge in [-0.15, -0.1) is 0 Å². The number of carbonyl (C=O) groups excluding carboxylic acids is 2. The summed E-state index contributed by atoms with van der Waals surface area (Å²) in [6.07, 6.45) is 1.61. The monoisotopic (exact) mass is 404 g/mol. The fraction of sp³-hybridized carbons (Fsp3) is 0.278. The SMILES string of the molecule is CN(C)C(=O)C(c1ccccc1)N(C)CC(=O)Nc1ccc(Br)cn1. The first-order valence-electron chi connectivity index (χ1n) is 7.76. The van der Waals surface area contributed by atoms with Crippen molar-refractivity contribution in [2.75, 3.05) is 33.0 Å². The van der Waals surface area contributed by atoms with Crippen molar-refractivity contribution in [3.8, 4) is 0 Å². The number of anilines is 1. The minimum absolute atomic E-state index is 0.0664. The van der Waals surface area contributed by atoms with Crippen LogP contribution in [0.3, 0.4) is 0 Å². The van der Waals surface area contributed by atoms with E-state index in [4.69, 9.17) is 0 Å². The second-order valence-corrected chi connectivity index (χ2v) is 6.79. The quantitative estimate of drug-likeness (QED) is 0.803. The van der Waals surface area contributed by atoms with Gasteiger partial charge in [0, 0.05) is 24.8 Å². The van der Waals surface area contributed by atoms with Crippen LogP contribution in [0.2, 0.25) is 0 Å². The van der Waals surface area contributed by atoms with Crippen LogP contribution in [-0.4, -0.2) is 54.3 Å². The number of rotatable bonds is 6. The maximum absolute atomic E-state index is 12.6. The van der Waals surface area contributed by atoms with Crippen molar-refractivity contribution in [2.45, 2.75) is 6.04 Å². The number of hydrogen-bond donors (Lipinski definition) is 1. The second kappa shape index (κ2) is 8.73. The van der Waals surface area contributed by atoms with Crippen LogP contribution in [0.5, 0.6) is 0 Å². The summed E-state index contributed by atoms with van der Waals surface area (Å²) in [5.41, 5.74) is 0.846. The first-order chi connectivity index (χ1) is 11.9. The third-order valence-corrected chi connectivity index (χ3v) is 4.09. The predicted octanol–water partition coefficient (Wildman–Crippen LogP) is 2.54. The highest BCUT2D eigenvalue weighted by molar-refractivity contribution is 9.10. The van der Waals surface area contributed by atoms with Crippen LogP contribution in [0.1, 0.15) is 11.6 Å². The molecular formula is C18H21BrN4O2. The van der Waals surface area contributed by atoms with Gasteiger partial charge in [-0.25, -0.2) is 4.98 Å². The average Bonchev–Trinajstić information content (AvgIpc) is 2.58. The largest absolute Gasteiger partial charge is 0.347 e. The van der Waals surface area contributed by atoms with Gasteiger partial charge in [-0.1, -0.05) is 30.3 Å². The Kier molecular flexibility index (Phi) is 6.66. The van der Waals surface area contributed by atoms with Crippen molar-refractivity contribution in [2.24, 2.45) is 0 Å². The molecular weight excluding hydrogens is 384 g/mol. The molecule has 1 atom stereocenters. The van der Waals surface area contributed by atoms with Crippen LogP contribution in [0.4, 0.5) is 5.82 Å². The summed E-state index contributed by atoms with van der Waals surface area (Å²) >= 11 is 3.30. The fourth-order valence-electron chi connectivity index (χ4n) is 2.42. The summed E-state index contributed by atoms with van der Waals surface area (Å²) in [5, 5.41) is 2.74. The zero-order chi connectivity index (χ0) is 18.4. The van der Waals surface area contributed by atoms with Gasteiger partial charge in [-0.3, -0.25) is 14.5 Å². The lowest BCUT2D eigenvalue weighted by molar-refractivity contribution is -0.134. The third-order valence-electron chi connectivity index (χ3n) is 3.62. The van der Waals surface area contributed by atoms with E-state index in [0.29, 0.717) is 5.82 Å². The van der Waals surface area contributed by atoms with Crippen molar-refractivity contribution in [3.63, 3.8) is 0 Å². The molecule has 0 aliphatic carbocycles. The summed E-state index contributed by atoms with van der Waals surface area (Å²) in [6, 6.07) is 12.4. The lowest BCUT2D eigenvalue weighted by atomic mass is 10.0. The smallest absolute Gasteiger partial charge is 0.244 e. The van der Waals surface area contributed by atoms with E-state index in [1.54, 1.807) is 44.4 Å². The number of nitrogens with zero attached hydrogens (tertiary/aromatic N) is 3. The second-order valence-electron chi connectivity index (χ2n) is 5.87. The highest BCUT2D eigenvalue weighted by Gasteiger charge is 2.27. The Morgan fingerprint density at radius 2 is 1.80 bits per heavy atom. The Labute approximate surface area is 156 Å². The Morgan fingerprint density at radius 1 is 1.12 bits per heavy atom. The molecule has 132 valence electrons. The summed E-state index contributed by atoms with van der Waals surface area (Å²) in [6.45, 7) is 0.0664. The topological polar surface area (TPSA) is 65.5 Å². The number of benzene rings is 1. The normalized spacial score (nSPS) is 11.9. The van der Waals surface area contributed by atoms with E-state index in [1.165, 1.54) is 4.90 Å². The molecule has 1 aromatic carbocycles. The molecule has 2 amide bonds. The molecule has 0 aliphatic heterocycles. The molecule has 6 nitrogen and oxygen atoms in total. The molecule has 2 aromatic rings. The van der Waals surface area contributed by atoms with Gasteiger partial charge in [-0.2, -0.15) is 0 Å². The minimum atomic E-state index is -0.528. The summed E-state index contributed by atoms with van der Waals surface area (Å²) in [7, 11) is 5.17. The maximum Gasteiger partial charge on any atom is 0.244 e. The van der Waals surface area contributed by atoms with E-state index in [1.807, 2.05) is 30.3 Å². The molecule has 1 heterocycles. The van der Waals surface area contributed by atoms with Crippen molar-refractivity contribution in [3.05, 3.63) is 58.7 Å². The Balaban J connectivity index is 2.10. The van der Waals surface area contributed by atoms with Gasteiger partial charge in [0.05, 0.1) is 6.54 Å². The molecule has 0 saturated heterocycles. The van der Waals surface area contributed by atoms with Crippen LogP contribution in [0.25, 0.3) is 0 Å². The number of pyridine rings is 1. The third kappa shape index (κ3) is 5.37. The van der Waals surface area contributed by atoms with Crippen LogP contribution in [-0.2, 0) is 9.59 Å². The van der Waals surface area contributed by atoms with Crippen LogP contribution >= 0.6 is 15.9 Å². The number of carbonyl (C=O) groups is 2. The zero-order valence-corrected chi connectivity index (χ0v) is 16.0. The van der Waals surface area contributed by atoms with Gasteiger partial charge in [0.1, 0.15) is 11.9 Å². The van der Waals surface area contributed by atoms with E-state index in [2.05, 4.69) is 26.2 Å². The Morgan fingerprint density at radius 3 is 2.36 bits per heavy atom.